The molecule has 2 heterocycles. The summed E-state index contributed by atoms with van der Waals surface area (Å²) >= 11 is 0. The van der Waals surface area contributed by atoms with E-state index in [0.29, 0.717) is 0 Å². The molecule has 0 amide bonds. The highest BCUT2D eigenvalue weighted by molar-refractivity contribution is 6.10. The number of hydrogen-bond acceptors (Lipinski definition) is 2. The van der Waals surface area contributed by atoms with Crippen molar-refractivity contribution in [1.82, 2.24) is 0 Å². The van der Waals surface area contributed by atoms with Gasteiger partial charge in [-0.1, -0.05) is 140 Å². The van der Waals surface area contributed by atoms with Crippen molar-refractivity contribution in [1.29, 1.82) is 0 Å². The predicted molar refractivity (Wildman–Crippen MR) is 182 cm³/mol. The Bertz CT molecular complexity index is 2430. The summed E-state index contributed by atoms with van der Waals surface area (Å²) in [6.45, 7) is 0. The fourth-order valence-electron chi connectivity index (χ4n) is 7.96. The Hall–Kier alpha value is -5.86. The van der Waals surface area contributed by atoms with Gasteiger partial charge >= 0.3 is 0 Å². The summed E-state index contributed by atoms with van der Waals surface area (Å²) in [6.07, 6.45) is 0. The highest BCUT2D eigenvalue weighted by Gasteiger charge is 2.50. The van der Waals surface area contributed by atoms with E-state index in [1.54, 1.807) is 0 Å². The van der Waals surface area contributed by atoms with Crippen LogP contribution >= 0.6 is 0 Å². The van der Waals surface area contributed by atoms with Crippen molar-refractivity contribution >= 4 is 21.9 Å². The molecule has 8 aromatic rings. The van der Waals surface area contributed by atoms with E-state index in [4.69, 9.17) is 9.15 Å². The molecule has 0 N–H and O–H groups in total. The molecule has 10 rings (SSSR count). The first-order valence-corrected chi connectivity index (χ1v) is 15.4. The maximum atomic E-state index is 6.79. The predicted octanol–water partition coefficient (Wildman–Crippen LogP) is 11.4. The quantitative estimate of drug-likeness (QED) is 0.205. The largest absolute Gasteiger partial charge is 0.457 e. The minimum Gasteiger partial charge on any atom is -0.457 e. The van der Waals surface area contributed by atoms with Gasteiger partial charge in [0.1, 0.15) is 22.7 Å². The van der Waals surface area contributed by atoms with Crippen molar-refractivity contribution in [2.75, 3.05) is 0 Å². The van der Waals surface area contributed by atoms with Crippen molar-refractivity contribution in [2.45, 2.75) is 5.41 Å². The Morgan fingerprint density at radius 3 is 1.76 bits per heavy atom. The van der Waals surface area contributed by atoms with Gasteiger partial charge in [0.05, 0.1) is 5.41 Å². The number of benzene rings is 7. The normalized spacial score (nSPS) is 13.7. The van der Waals surface area contributed by atoms with Gasteiger partial charge in [-0.25, -0.2) is 0 Å². The van der Waals surface area contributed by atoms with Gasteiger partial charge in [0, 0.05) is 27.5 Å². The third kappa shape index (κ3) is 3.23. The maximum Gasteiger partial charge on any atom is 0.143 e. The molecular weight excluding hydrogens is 548 g/mol. The molecule has 0 radical (unpaired) electrons. The van der Waals surface area contributed by atoms with E-state index in [1.807, 2.05) is 12.1 Å². The van der Waals surface area contributed by atoms with Crippen molar-refractivity contribution < 1.29 is 9.15 Å². The number of fused-ring (bicyclic) bond motifs is 12. The average molecular weight is 575 g/mol. The van der Waals surface area contributed by atoms with Crippen LogP contribution in [0.2, 0.25) is 0 Å². The zero-order valence-corrected chi connectivity index (χ0v) is 24.3. The van der Waals surface area contributed by atoms with E-state index in [1.165, 1.54) is 33.4 Å². The second kappa shape index (κ2) is 9.07. The highest BCUT2D eigenvalue weighted by atomic mass is 16.5. The summed E-state index contributed by atoms with van der Waals surface area (Å²) in [6, 6.07) is 56.3. The van der Waals surface area contributed by atoms with Gasteiger partial charge in [-0.3, -0.25) is 0 Å². The van der Waals surface area contributed by atoms with Crippen molar-refractivity contribution in [3.8, 4) is 44.9 Å². The molecule has 0 unspecified atom stereocenters. The van der Waals surface area contributed by atoms with Gasteiger partial charge < -0.3 is 9.15 Å². The number of para-hydroxylation sites is 3. The molecule has 0 atom stereocenters. The third-order valence-electron chi connectivity index (χ3n) is 9.78. The Morgan fingerprint density at radius 2 is 0.956 bits per heavy atom. The molecule has 0 saturated heterocycles. The Morgan fingerprint density at radius 1 is 0.378 bits per heavy atom. The second-order valence-corrected chi connectivity index (χ2v) is 12.0. The summed E-state index contributed by atoms with van der Waals surface area (Å²) in [7, 11) is 0. The Balaban J connectivity index is 1.21. The van der Waals surface area contributed by atoms with Crippen molar-refractivity contribution in [3.05, 3.63) is 180 Å². The fourth-order valence-corrected chi connectivity index (χ4v) is 7.96. The van der Waals surface area contributed by atoms with Gasteiger partial charge in [0.25, 0.3) is 0 Å². The molecule has 2 nitrogen and oxygen atoms in total. The van der Waals surface area contributed by atoms with E-state index in [0.717, 1.165) is 55.7 Å². The fraction of sp³-hybridized carbons (Fsp3) is 0.0233. The molecule has 0 bridgehead atoms. The van der Waals surface area contributed by atoms with E-state index >= 15 is 0 Å². The van der Waals surface area contributed by atoms with E-state index in [2.05, 4.69) is 146 Å². The second-order valence-electron chi connectivity index (χ2n) is 12.0. The van der Waals surface area contributed by atoms with Gasteiger partial charge in [0.15, 0.2) is 0 Å². The van der Waals surface area contributed by atoms with Crippen LogP contribution in [0.3, 0.4) is 0 Å². The minimum atomic E-state index is -0.463. The molecule has 7 aromatic carbocycles. The van der Waals surface area contributed by atoms with E-state index < -0.39 is 5.41 Å². The van der Waals surface area contributed by atoms with Crippen LogP contribution in [-0.4, -0.2) is 0 Å². The summed E-state index contributed by atoms with van der Waals surface area (Å²) in [5.74, 6) is 1.78. The number of furan rings is 1. The van der Waals surface area contributed by atoms with E-state index in [9.17, 15) is 0 Å². The Kier molecular flexibility index (Phi) is 4.95. The van der Waals surface area contributed by atoms with E-state index in [-0.39, 0.29) is 0 Å². The Labute approximate surface area is 260 Å². The van der Waals surface area contributed by atoms with Crippen LogP contribution in [0, 0.1) is 0 Å². The van der Waals surface area contributed by atoms with Gasteiger partial charge in [-0.2, -0.15) is 0 Å². The summed E-state index contributed by atoms with van der Waals surface area (Å²) < 4.78 is 13.3. The topological polar surface area (TPSA) is 22.4 Å². The zero-order chi connectivity index (χ0) is 29.5. The van der Waals surface area contributed by atoms with Crippen molar-refractivity contribution in [3.63, 3.8) is 0 Å². The van der Waals surface area contributed by atoms with Crippen LogP contribution in [-0.2, 0) is 5.41 Å². The van der Waals surface area contributed by atoms with Gasteiger partial charge in [-0.15, -0.1) is 0 Å². The first kappa shape index (κ1) is 24.6. The molecule has 2 heteroatoms. The van der Waals surface area contributed by atoms with Gasteiger partial charge in [-0.05, 0) is 57.1 Å². The average Bonchev–Trinajstić information content (AvgIpc) is 3.63. The monoisotopic (exact) mass is 574 g/mol. The summed E-state index contributed by atoms with van der Waals surface area (Å²) in [4.78, 5) is 0. The first-order chi connectivity index (χ1) is 22.3. The van der Waals surface area contributed by atoms with Crippen LogP contribution in [0.4, 0.5) is 0 Å². The minimum absolute atomic E-state index is 0.463. The maximum absolute atomic E-state index is 6.79. The van der Waals surface area contributed by atoms with Crippen LogP contribution in [0.5, 0.6) is 11.5 Å². The number of ether oxygens (including phenoxy) is 1. The van der Waals surface area contributed by atoms with Gasteiger partial charge in [0.2, 0.25) is 0 Å². The molecule has 1 aliphatic heterocycles. The summed E-state index contributed by atoms with van der Waals surface area (Å²) in [5, 5.41) is 2.26. The lowest BCUT2D eigenvalue weighted by Gasteiger charge is -2.39. The molecule has 0 fully saturated rings. The van der Waals surface area contributed by atoms with Crippen LogP contribution in [0.25, 0.3) is 55.3 Å². The zero-order valence-electron chi connectivity index (χ0n) is 24.3. The third-order valence-corrected chi connectivity index (χ3v) is 9.78. The molecule has 45 heavy (non-hydrogen) atoms. The molecule has 1 aromatic heterocycles. The van der Waals surface area contributed by atoms with Crippen LogP contribution in [0.1, 0.15) is 22.3 Å². The molecule has 0 saturated carbocycles. The molecule has 1 aliphatic carbocycles. The lowest BCUT2D eigenvalue weighted by atomic mass is 9.66. The van der Waals surface area contributed by atoms with Crippen LogP contribution in [0.15, 0.2) is 162 Å². The number of hydrogen-bond donors (Lipinski definition) is 0. The smallest absolute Gasteiger partial charge is 0.143 e. The highest BCUT2D eigenvalue weighted by Crippen LogP contribution is 2.62. The number of rotatable bonds is 2. The van der Waals surface area contributed by atoms with Crippen molar-refractivity contribution in [2.24, 2.45) is 0 Å². The molecule has 1 spiro atoms. The molecule has 2 aliphatic rings. The SMILES string of the molecule is c1ccc2c(c1)Oc1cc(-c3ccccc3-c3cccc4c3oc3ccccc34)ccc1C21c2ccccc2-c2ccccc21. The standard InChI is InChI=1S/C43H26O2/c1-2-13-29(33-17-11-18-34-32-16-5-9-22-39(32)45-42(33)34)28(12-1)27-24-25-38-41(26-27)44-40-23-10-8-21-37(40)43(38)35-19-6-3-14-30(35)31-15-4-7-20-36(31)43/h1-26H. The lowest BCUT2D eigenvalue weighted by molar-refractivity contribution is 0.436. The summed E-state index contributed by atoms with van der Waals surface area (Å²) in [5.41, 5.74) is 13.3. The molecular formula is C43H26O2. The molecule has 210 valence electrons. The first-order valence-electron chi connectivity index (χ1n) is 15.4. The lowest BCUT2D eigenvalue weighted by Crippen LogP contribution is -2.32. The van der Waals surface area contributed by atoms with Crippen LogP contribution < -0.4 is 4.74 Å².